The van der Waals surface area contributed by atoms with Crippen LogP contribution in [0.1, 0.15) is 15.9 Å². The number of phenols is 1. The monoisotopic (exact) mass is 317 g/mol. The number of benzene rings is 2. The van der Waals surface area contributed by atoms with Gasteiger partial charge in [0.15, 0.2) is 0 Å². The number of phenolic OH excluding ortho intramolecular Hbond substituents is 1. The van der Waals surface area contributed by atoms with Crippen molar-refractivity contribution >= 4 is 28.9 Å². The summed E-state index contributed by atoms with van der Waals surface area (Å²) in [5.41, 5.74) is 0.126. The van der Waals surface area contributed by atoms with Crippen LogP contribution in [0.25, 0.3) is 0 Å². The molecule has 0 fully saturated rings. The van der Waals surface area contributed by atoms with Gasteiger partial charge in [-0.1, -0.05) is 11.6 Å². The van der Waals surface area contributed by atoms with Crippen molar-refractivity contribution in [3.63, 3.8) is 0 Å². The third kappa shape index (κ3) is 3.13. The first kappa shape index (κ1) is 15.3. The van der Waals surface area contributed by atoms with E-state index in [4.69, 9.17) is 16.9 Å². The standard InChI is InChI=1S/C14H8ClN3O4/c15-11-6-9(18(21)22)2-4-12(11)17-14(20)10-3-1-8(7-16)5-13(10)19/h1-6,19H,(H,17,20). The summed E-state index contributed by atoms with van der Waals surface area (Å²) in [6.07, 6.45) is 0. The van der Waals surface area contributed by atoms with Gasteiger partial charge in [-0.3, -0.25) is 14.9 Å². The number of aromatic hydroxyl groups is 1. The summed E-state index contributed by atoms with van der Waals surface area (Å²) < 4.78 is 0. The molecule has 0 atom stereocenters. The van der Waals surface area contributed by atoms with E-state index in [9.17, 15) is 20.0 Å². The summed E-state index contributed by atoms with van der Waals surface area (Å²) in [6, 6.07) is 9.26. The number of rotatable bonds is 3. The van der Waals surface area contributed by atoms with E-state index in [-0.39, 0.29) is 33.3 Å². The summed E-state index contributed by atoms with van der Waals surface area (Å²) in [6.45, 7) is 0. The second-order valence-corrected chi connectivity index (χ2v) is 4.63. The largest absolute Gasteiger partial charge is 0.507 e. The minimum atomic E-state index is -0.655. The summed E-state index contributed by atoms with van der Waals surface area (Å²) >= 11 is 5.87. The van der Waals surface area contributed by atoms with Crippen LogP contribution in [-0.2, 0) is 0 Å². The van der Waals surface area contributed by atoms with E-state index in [2.05, 4.69) is 5.32 Å². The maximum absolute atomic E-state index is 12.1. The van der Waals surface area contributed by atoms with Gasteiger partial charge in [0.05, 0.1) is 32.8 Å². The number of nitriles is 1. The topological polar surface area (TPSA) is 116 Å². The van der Waals surface area contributed by atoms with Crippen molar-refractivity contribution in [1.29, 1.82) is 5.26 Å². The molecule has 2 rings (SSSR count). The second-order valence-electron chi connectivity index (χ2n) is 4.22. The summed E-state index contributed by atoms with van der Waals surface area (Å²) in [5, 5.41) is 31.5. The van der Waals surface area contributed by atoms with Crippen LogP contribution in [0.15, 0.2) is 36.4 Å². The number of halogens is 1. The lowest BCUT2D eigenvalue weighted by Crippen LogP contribution is -2.12. The SMILES string of the molecule is N#Cc1ccc(C(=O)Nc2ccc([N+](=O)[O-])cc2Cl)c(O)c1. The van der Waals surface area contributed by atoms with E-state index in [1.54, 1.807) is 0 Å². The summed E-state index contributed by atoms with van der Waals surface area (Å²) in [5.74, 6) is -1.01. The van der Waals surface area contributed by atoms with Gasteiger partial charge in [-0.2, -0.15) is 5.26 Å². The van der Waals surface area contributed by atoms with Crippen molar-refractivity contribution in [2.24, 2.45) is 0 Å². The predicted octanol–water partition coefficient (Wildman–Crippen LogP) is 3.08. The molecule has 2 N–H and O–H groups in total. The highest BCUT2D eigenvalue weighted by Crippen LogP contribution is 2.28. The van der Waals surface area contributed by atoms with Crippen LogP contribution >= 0.6 is 11.6 Å². The third-order valence-corrected chi connectivity index (χ3v) is 3.10. The number of carbonyl (C=O) groups excluding carboxylic acids is 1. The number of carbonyl (C=O) groups is 1. The molecule has 110 valence electrons. The van der Waals surface area contributed by atoms with E-state index < -0.39 is 10.8 Å². The first-order valence-electron chi connectivity index (χ1n) is 5.91. The Labute approximate surface area is 129 Å². The zero-order valence-corrected chi connectivity index (χ0v) is 11.7. The van der Waals surface area contributed by atoms with Crippen LogP contribution in [0.3, 0.4) is 0 Å². The molecule has 0 unspecified atom stereocenters. The Balaban J connectivity index is 2.26. The van der Waals surface area contributed by atoms with Gasteiger partial charge in [-0.25, -0.2) is 0 Å². The number of nitro benzene ring substituents is 1. The number of amides is 1. The molecular weight excluding hydrogens is 310 g/mol. The second kappa shape index (κ2) is 6.11. The van der Waals surface area contributed by atoms with Crippen LogP contribution in [0.2, 0.25) is 5.02 Å². The molecular formula is C14H8ClN3O4. The Morgan fingerprint density at radius 3 is 2.59 bits per heavy atom. The fourth-order valence-corrected chi connectivity index (χ4v) is 1.92. The molecule has 0 aliphatic rings. The molecule has 0 saturated heterocycles. The van der Waals surface area contributed by atoms with Crippen molar-refractivity contribution in [1.82, 2.24) is 0 Å². The normalized spacial score (nSPS) is 9.82. The minimum Gasteiger partial charge on any atom is -0.507 e. The Bertz CT molecular complexity index is 814. The van der Waals surface area contributed by atoms with Gasteiger partial charge >= 0.3 is 0 Å². The molecule has 0 radical (unpaired) electrons. The van der Waals surface area contributed by atoms with E-state index >= 15 is 0 Å². The lowest BCUT2D eigenvalue weighted by molar-refractivity contribution is -0.384. The van der Waals surface area contributed by atoms with Crippen LogP contribution in [-0.4, -0.2) is 15.9 Å². The fraction of sp³-hybridized carbons (Fsp3) is 0. The number of nitrogens with zero attached hydrogens (tertiary/aromatic N) is 2. The minimum absolute atomic E-state index is 0.00400. The van der Waals surface area contributed by atoms with Crippen molar-refractivity contribution < 1.29 is 14.8 Å². The zero-order valence-electron chi connectivity index (χ0n) is 10.9. The number of anilines is 1. The Morgan fingerprint density at radius 2 is 2.05 bits per heavy atom. The smallest absolute Gasteiger partial charge is 0.271 e. The summed E-state index contributed by atoms with van der Waals surface area (Å²) in [4.78, 5) is 22.1. The highest BCUT2D eigenvalue weighted by atomic mass is 35.5. The van der Waals surface area contributed by atoms with Crippen LogP contribution < -0.4 is 5.32 Å². The highest BCUT2D eigenvalue weighted by Gasteiger charge is 2.15. The average Bonchev–Trinajstić information content (AvgIpc) is 2.48. The molecule has 1 amide bonds. The van der Waals surface area contributed by atoms with Crippen LogP contribution in [0, 0.1) is 21.4 Å². The van der Waals surface area contributed by atoms with Crippen LogP contribution in [0.5, 0.6) is 5.75 Å². The Hall–Kier alpha value is -3.11. The van der Waals surface area contributed by atoms with E-state index in [0.717, 1.165) is 12.1 Å². The van der Waals surface area contributed by atoms with E-state index in [0.29, 0.717) is 0 Å². The van der Waals surface area contributed by atoms with Gasteiger partial charge in [-0.15, -0.1) is 0 Å². The van der Waals surface area contributed by atoms with E-state index in [1.807, 2.05) is 6.07 Å². The highest BCUT2D eigenvalue weighted by molar-refractivity contribution is 6.34. The Morgan fingerprint density at radius 1 is 1.32 bits per heavy atom. The first-order valence-corrected chi connectivity index (χ1v) is 6.28. The Kier molecular flexibility index (Phi) is 4.25. The van der Waals surface area contributed by atoms with Crippen LogP contribution in [0.4, 0.5) is 11.4 Å². The lowest BCUT2D eigenvalue weighted by Gasteiger charge is -2.08. The molecule has 22 heavy (non-hydrogen) atoms. The molecule has 0 saturated carbocycles. The van der Waals surface area contributed by atoms with Gasteiger partial charge in [0, 0.05) is 12.1 Å². The zero-order chi connectivity index (χ0) is 16.3. The number of nitrogens with one attached hydrogen (secondary N) is 1. The van der Waals surface area contributed by atoms with E-state index in [1.165, 1.54) is 24.3 Å². The van der Waals surface area contributed by atoms with Gasteiger partial charge in [0.2, 0.25) is 0 Å². The van der Waals surface area contributed by atoms with Gasteiger partial charge in [0.25, 0.3) is 11.6 Å². The van der Waals surface area contributed by atoms with Crippen molar-refractivity contribution in [3.05, 3.63) is 62.7 Å². The van der Waals surface area contributed by atoms with Gasteiger partial charge in [0.1, 0.15) is 5.75 Å². The first-order chi connectivity index (χ1) is 10.4. The molecule has 0 spiro atoms. The molecule has 0 bridgehead atoms. The molecule has 0 aliphatic carbocycles. The van der Waals surface area contributed by atoms with Gasteiger partial charge in [-0.05, 0) is 24.3 Å². The van der Waals surface area contributed by atoms with Crippen molar-refractivity contribution in [2.75, 3.05) is 5.32 Å². The summed E-state index contributed by atoms with van der Waals surface area (Å²) in [7, 11) is 0. The molecule has 0 heterocycles. The number of non-ortho nitro benzene ring substituents is 1. The maximum Gasteiger partial charge on any atom is 0.271 e. The quantitative estimate of drug-likeness (QED) is 0.666. The molecule has 0 aromatic heterocycles. The van der Waals surface area contributed by atoms with Gasteiger partial charge < -0.3 is 10.4 Å². The number of hydrogen-bond donors (Lipinski definition) is 2. The number of nitro groups is 1. The van der Waals surface area contributed by atoms with Crippen molar-refractivity contribution in [3.8, 4) is 11.8 Å². The fourth-order valence-electron chi connectivity index (χ4n) is 1.70. The van der Waals surface area contributed by atoms with Crippen molar-refractivity contribution in [2.45, 2.75) is 0 Å². The molecule has 0 aliphatic heterocycles. The third-order valence-electron chi connectivity index (χ3n) is 2.78. The number of hydrogen-bond acceptors (Lipinski definition) is 5. The molecule has 8 heteroatoms. The molecule has 2 aromatic rings. The predicted molar refractivity (Wildman–Crippen MR) is 78.9 cm³/mol. The lowest BCUT2D eigenvalue weighted by atomic mass is 10.1. The maximum atomic E-state index is 12.1. The molecule has 2 aromatic carbocycles. The average molecular weight is 318 g/mol. The molecule has 7 nitrogen and oxygen atoms in total.